The predicted molar refractivity (Wildman–Crippen MR) is 115 cm³/mol. The minimum Gasteiger partial charge on any atom is -0.490 e. The average Bonchev–Trinajstić information content (AvgIpc) is 2.74. The summed E-state index contributed by atoms with van der Waals surface area (Å²) in [6.45, 7) is 6.87. The standard InChI is InChI=1S/C25H28O4/c1-4-27-24(25(26)28-5-2)19-22-13-15-23(16-14-22)29-18-17-20(3)11-12-21-9-7-6-8-10-21/h6-10,13-17,24H,4-5,18-19H2,1-3H3/b20-17+. The predicted octanol–water partition coefficient (Wildman–Crippen LogP) is 4.57. The first-order valence-corrected chi connectivity index (χ1v) is 9.86. The maximum Gasteiger partial charge on any atom is 0.335 e. The average molecular weight is 392 g/mol. The highest BCUT2D eigenvalue weighted by atomic mass is 16.6. The van der Waals surface area contributed by atoms with Crippen molar-refractivity contribution in [1.29, 1.82) is 0 Å². The molecule has 0 spiro atoms. The fourth-order valence-corrected chi connectivity index (χ4v) is 2.59. The van der Waals surface area contributed by atoms with Crippen molar-refractivity contribution in [3.8, 4) is 17.6 Å². The first-order valence-electron chi connectivity index (χ1n) is 9.86. The van der Waals surface area contributed by atoms with Gasteiger partial charge in [-0.3, -0.25) is 0 Å². The van der Waals surface area contributed by atoms with Crippen LogP contribution in [0.1, 0.15) is 31.9 Å². The molecule has 0 aliphatic heterocycles. The monoisotopic (exact) mass is 392 g/mol. The van der Waals surface area contributed by atoms with E-state index in [1.807, 2.05) is 74.5 Å². The number of hydrogen-bond acceptors (Lipinski definition) is 4. The van der Waals surface area contributed by atoms with Crippen LogP contribution in [0.25, 0.3) is 0 Å². The SMILES string of the molecule is CCOC(=O)C(Cc1ccc(OC/C=C(\C)C#Cc2ccccc2)cc1)OCC. The molecule has 2 aromatic carbocycles. The van der Waals surface area contributed by atoms with Gasteiger partial charge in [0.05, 0.1) is 6.61 Å². The molecule has 0 aliphatic rings. The van der Waals surface area contributed by atoms with E-state index in [-0.39, 0.29) is 5.97 Å². The normalized spacial score (nSPS) is 11.9. The second kappa shape index (κ2) is 12.4. The number of carbonyl (C=O) groups excluding carboxylic acids is 1. The van der Waals surface area contributed by atoms with Crippen LogP contribution in [-0.2, 0) is 20.7 Å². The molecule has 2 aromatic rings. The van der Waals surface area contributed by atoms with E-state index < -0.39 is 6.10 Å². The van der Waals surface area contributed by atoms with E-state index in [9.17, 15) is 4.79 Å². The topological polar surface area (TPSA) is 44.8 Å². The van der Waals surface area contributed by atoms with Crippen molar-refractivity contribution in [2.75, 3.05) is 19.8 Å². The van der Waals surface area contributed by atoms with Crippen LogP contribution < -0.4 is 4.74 Å². The quantitative estimate of drug-likeness (QED) is 0.463. The molecule has 1 atom stereocenters. The van der Waals surface area contributed by atoms with Gasteiger partial charge in [-0.2, -0.15) is 0 Å². The Morgan fingerprint density at radius 3 is 2.41 bits per heavy atom. The van der Waals surface area contributed by atoms with E-state index in [0.29, 0.717) is 26.2 Å². The Morgan fingerprint density at radius 1 is 1.03 bits per heavy atom. The lowest BCUT2D eigenvalue weighted by molar-refractivity contribution is -0.156. The molecule has 2 rings (SSSR count). The molecule has 29 heavy (non-hydrogen) atoms. The van der Waals surface area contributed by atoms with Crippen LogP contribution in [0.15, 0.2) is 66.2 Å². The summed E-state index contributed by atoms with van der Waals surface area (Å²) in [5.74, 6) is 6.68. The van der Waals surface area contributed by atoms with Gasteiger partial charge in [-0.15, -0.1) is 0 Å². The number of esters is 1. The lowest BCUT2D eigenvalue weighted by atomic mass is 10.1. The Labute approximate surface area is 173 Å². The molecule has 0 radical (unpaired) electrons. The third-order valence-corrected chi connectivity index (χ3v) is 4.08. The summed E-state index contributed by atoms with van der Waals surface area (Å²) >= 11 is 0. The third-order valence-electron chi connectivity index (χ3n) is 4.08. The molecule has 0 N–H and O–H groups in total. The van der Waals surface area contributed by atoms with Gasteiger partial charge in [-0.25, -0.2) is 4.79 Å². The van der Waals surface area contributed by atoms with E-state index in [1.54, 1.807) is 6.92 Å². The van der Waals surface area contributed by atoms with Crippen LogP contribution in [0.4, 0.5) is 0 Å². The van der Waals surface area contributed by atoms with E-state index in [0.717, 1.165) is 22.4 Å². The van der Waals surface area contributed by atoms with Gasteiger partial charge in [0.15, 0.2) is 6.10 Å². The van der Waals surface area contributed by atoms with Crippen molar-refractivity contribution in [2.45, 2.75) is 33.3 Å². The fourth-order valence-electron chi connectivity index (χ4n) is 2.59. The highest BCUT2D eigenvalue weighted by Gasteiger charge is 2.20. The fraction of sp³-hybridized carbons (Fsp3) is 0.320. The van der Waals surface area contributed by atoms with Crippen LogP contribution in [0, 0.1) is 11.8 Å². The summed E-state index contributed by atoms with van der Waals surface area (Å²) in [5, 5.41) is 0. The molecule has 0 heterocycles. The number of hydrogen-bond donors (Lipinski definition) is 0. The zero-order chi connectivity index (χ0) is 20.9. The van der Waals surface area contributed by atoms with Crippen molar-refractivity contribution in [3.05, 3.63) is 77.4 Å². The lowest BCUT2D eigenvalue weighted by Crippen LogP contribution is -2.28. The van der Waals surface area contributed by atoms with E-state index in [1.165, 1.54) is 0 Å². The van der Waals surface area contributed by atoms with E-state index in [4.69, 9.17) is 14.2 Å². The molecule has 4 heteroatoms. The Balaban J connectivity index is 1.87. The summed E-state index contributed by atoms with van der Waals surface area (Å²) in [7, 11) is 0. The van der Waals surface area contributed by atoms with Crippen LogP contribution in [0.3, 0.4) is 0 Å². The van der Waals surface area contributed by atoms with Gasteiger partial charge >= 0.3 is 5.97 Å². The van der Waals surface area contributed by atoms with E-state index in [2.05, 4.69) is 11.8 Å². The molecule has 0 aliphatic carbocycles. The highest BCUT2D eigenvalue weighted by Crippen LogP contribution is 2.15. The maximum absolute atomic E-state index is 12.0. The molecule has 0 bridgehead atoms. The minimum atomic E-state index is -0.583. The Hall–Kier alpha value is -3.03. The van der Waals surface area contributed by atoms with Crippen molar-refractivity contribution in [2.24, 2.45) is 0 Å². The van der Waals surface area contributed by atoms with Gasteiger partial charge in [-0.05, 0) is 62.2 Å². The second-order valence-electron chi connectivity index (χ2n) is 6.36. The summed E-state index contributed by atoms with van der Waals surface area (Å²) < 4.78 is 16.3. The summed E-state index contributed by atoms with van der Waals surface area (Å²) in [4.78, 5) is 12.0. The van der Waals surface area contributed by atoms with Crippen molar-refractivity contribution in [1.82, 2.24) is 0 Å². The third kappa shape index (κ3) is 8.25. The van der Waals surface area contributed by atoms with Gasteiger partial charge in [0.2, 0.25) is 0 Å². The van der Waals surface area contributed by atoms with Gasteiger partial charge in [0, 0.05) is 18.6 Å². The number of allylic oxidation sites excluding steroid dienone is 1. The minimum absolute atomic E-state index is 0.327. The molecule has 0 aromatic heterocycles. The first kappa shape index (κ1) is 22.3. The number of ether oxygens (including phenoxy) is 3. The maximum atomic E-state index is 12.0. The Morgan fingerprint density at radius 2 is 1.76 bits per heavy atom. The molecule has 0 amide bonds. The molecule has 152 valence electrons. The van der Waals surface area contributed by atoms with Crippen LogP contribution in [0.5, 0.6) is 5.75 Å². The van der Waals surface area contributed by atoms with Crippen LogP contribution in [-0.4, -0.2) is 31.9 Å². The first-order chi connectivity index (χ1) is 14.1. The van der Waals surface area contributed by atoms with Gasteiger partial charge < -0.3 is 14.2 Å². The smallest absolute Gasteiger partial charge is 0.335 e. The van der Waals surface area contributed by atoms with E-state index >= 15 is 0 Å². The molecule has 0 saturated carbocycles. The van der Waals surface area contributed by atoms with Gasteiger partial charge in [0.1, 0.15) is 12.4 Å². The Bertz CT molecular complexity index is 842. The highest BCUT2D eigenvalue weighted by molar-refractivity contribution is 5.75. The van der Waals surface area contributed by atoms with Gasteiger partial charge in [0.25, 0.3) is 0 Å². The lowest BCUT2D eigenvalue weighted by Gasteiger charge is -2.15. The summed E-state index contributed by atoms with van der Waals surface area (Å²) in [6, 6.07) is 17.5. The van der Waals surface area contributed by atoms with Crippen molar-refractivity contribution < 1.29 is 19.0 Å². The molecular formula is C25H28O4. The zero-order valence-electron chi connectivity index (χ0n) is 17.3. The van der Waals surface area contributed by atoms with Crippen LogP contribution in [0.2, 0.25) is 0 Å². The van der Waals surface area contributed by atoms with Crippen LogP contribution >= 0.6 is 0 Å². The summed E-state index contributed by atoms with van der Waals surface area (Å²) in [6.07, 6.45) is 1.84. The molecule has 0 saturated heterocycles. The molecular weight excluding hydrogens is 364 g/mol. The number of benzene rings is 2. The molecule has 4 nitrogen and oxygen atoms in total. The van der Waals surface area contributed by atoms with Gasteiger partial charge in [-0.1, -0.05) is 42.2 Å². The summed E-state index contributed by atoms with van der Waals surface area (Å²) in [5.41, 5.74) is 2.94. The molecule has 1 unspecified atom stereocenters. The van der Waals surface area contributed by atoms with Crippen molar-refractivity contribution >= 4 is 5.97 Å². The molecule has 0 fully saturated rings. The largest absolute Gasteiger partial charge is 0.490 e. The number of rotatable bonds is 9. The zero-order valence-corrected chi connectivity index (χ0v) is 17.3. The number of carbonyl (C=O) groups is 1. The Kier molecular flexibility index (Phi) is 9.54. The van der Waals surface area contributed by atoms with Crippen molar-refractivity contribution in [3.63, 3.8) is 0 Å². The second-order valence-corrected chi connectivity index (χ2v) is 6.36.